The van der Waals surface area contributed by atoms with Crippen molar-refractivity contribution < 1.29 is 9.53 Å². The van der Waals surface area contributed by atoms with Gasteiger partial charge >= 0.3 is 0 Å². The van der Waals surface area contributed by atoms with E-state index < -0.39 is 6.10 Å². The van der Waals surface area contributed by atoms with E-state index in [1.807, 2.05) is 13.0 Å². The Morgan fingerprint density at radius 3 is 2.64 bits per heavy atom. The molecule has 0 radical (unpaired) electrons. The van der Waals surface area contributed by atoms with Crippen LogP contribution < -0.4 is 5.73 Å². The maximum absolute atomic E-state index is 11.6. The highest BCUT2D eigenvalue weighted by atomic mass is 16.5. The number of methoxy groups -OCH3 is 1. The van der Waals surface area contributed by atoms with Crippen molar-refractivity contribution in [2.45, 2.75) is 25.5 Å². The monoisotopic (exact) mass is 199 g/mol. The fraction of sp³-hybridized carbons (Fsp3) is 0.778. The Morgan fingerprint density at radius 2 is 2.29 bits per heavy atom. The first-order valence-electron chi connectivity index (χ1n) is 4.45. The number of nitrogens with zero attached hydrogens (tertiary/aromatic N) is 2. The van der Waals surface area contributed by atoms with Crippen LogP contribution >= 0.6 is 0 Å². The van der Waals surface area contributed by atoms with E-state index >= 15 is 0 Å². The third-order valence-corrected chi connectivity index (χ3v) is 2.17. The van der Waals surface area contributed by atoms with Gasteiger partial charge < -0.3 is 15.4 Å². The third-order valence-electron chi connectivity index (χ3n) is 2.17. The van der Waals surface area contributed by atoms with Crippen LogP contribution in [-0.2, 0) is 9.53 Å². The predicted molar refractivity (Wildman–Crippen MR) is 52.3 cm³/mol. The summed E-state index contributed by atoms with van der Waals surface area (Å²) in [7, 11) is 3.09. The van der Waals surface area contributed by atoms with Gasteiger partial charge in [0.15, 0.2) is 0 Å². The van der Waals surface area contributed by atoms with Crippen molar-refractivity contribution in [2.24, 2.45) is 5.73 Å². The number of nitriles is 1. The second kappa shape index (κ2) is 6.35. The number of likely N-dealkylation sites (N-methyl/N-ethyl adjacent to an activating group) is 1. The SMILES string of the molecule is COC(CN)C(=O)N(C)C(C)CC#N. The minimum atomic E-state index is -0.610. The summed E-state index contributed by atoms with van der Waals surface area (Å²) in [6.07, 6.45) is -0.301. The summed E-state index contributed by atoms with van der Waals surface area (Å²) in [6, 6.07) is 1.90. The summed E-state index contributed by atoms with van der Waals surface area (Å²) in [5.74, 6) is -0.183. The van der Waals surface area contributed by atoms with Gasteiger partial charge in [0.1, 0.15) is 6.10 Å². The summed E-state index contributed by atoms with van der Waals surface area (Å²) >= 11 is 0. The molecule has 0 spiro atoms. The summed E-state index contributed by atoms with van der Waals surface area (Å²) < 4.78 is 4.91. The Balaban J connectivity index is 4.30. The molecule has 5 nitrogen and oxygen atoms in total. The van der Waals surface area contributed by atoms with Crippen LogP contribution in [0.4, 0.5) is 0 Å². The van der Waals surface area contributed by atoms with Crippen LogP contribution in [0.15, 0.2) is 0 Å². The highest BCUT2D eigenvalue weighted by Gasteiger charge is 2.23. The molecule has 0 fully saturated rings. The zero-order valence-corrected chi connectivity index (χ0v) is 8.86. The Labute approximate surface area is 84.4 Å². The van der Waals surface area contributed by atoms with E-state index in [0.717, 1.165) is 0 Å². The molecule has 14 heavy (non-hydrogen) atoms. The number of nitrogens with two attached hydrogens (primary N) is 1. The molecule has 2 unspecified atom stereocenters. The molecule has 80 valence electrons. The molecule has 5 heteroatoms. The van der Waals surface area contributed by atoms with Gasteiger partial charge in [0.25, 0.3) is 5.91 Å². The quantitative estimate of drug-likeness (QED) is 0.660. The maximum Gasteiger partial charge on any atom is 0.253 e. The lowest BCUT2D eigenvalue weighted by molar-refractivity contribution is -0.141. The van der Waals surface area contributed by atoms with E-state index in [0.29, 0.717) is 6.42 Å². The average Bonchev–Trinajstić information content (AvgIpc) is 2.18. The van der Waals surface area contributed by atoms with Gasteiger partial charge in [0.05, 0.1) is 12.5 Å². The largest absolute Gasteiger partial charge is 0.370 e. The molecule has 0 bridgehead atoms. The van der Waals surface area contributed by atoms with Crippen LogP contribution in [0.25, 0.3) is 0 Å². The van der Waals surface area contributed by atoms with Gasteiger partial charge in [-0.2, -0.15) is 5.26 Å². The van der Waals surface area contributed by atoms with Crippen LogP contribution in [0.3, 0.4) is 0 Å². The van der Waals surface area contributed by atoms with Gasteiger partial charge in [-0.1, -0.05) is 0 Å². The molecule has 0 aliphatic rings. The molecule has 0 aliphatic carbocycles. The number of rotatable bonds is 5. The average molecular weight is 199 g/mol. The zero-order valence-electron chi connectivity index (χ0n) is 8.86. The number of carbonyl (C=O) groups excluding carboxylic acids is 1. The second-order valence-corrected chi connectivity index (χ2v) is 3.12. The molecule has 0 saturated heterocycles. The van der Waals surface area contributed by atoms with E-state index in [9.17, 15) is 4.79 Å². The highest BCUT2D eigenvalue weighted by molar-refractivity contribution is 5.81. The fourth-order valence-electron chi connectivity index (χ4n) is 1.01. The van der Waals surface area contributed by atoms with Gasteiger partial charge in [0.2, 0.25) is 0 Å². The minimum Gasteiger partial charge on any atom is -0.370 e. The first-order chi connectivity index (χ1) is 6.58. The van der Waals surface area contributed by atoms with E-state index in [2.05, 4.69) is 0 Å². The second-order valence-electron chi connectivity index (χ2n) is 3.12. The first-order valence-corrected chi connectivity index (χ1v) is 4.45. The Hall–Kier alpha value is -1.12. The molecule has 0 aromatic rings. The van der Waals surface area contributed by atoms with Gasteiger partial charge in [-0.25, -0.2) is 0 Å². The minimum absolute atomic E-state index is 0.114. The Kier molecular flexibility index (Phi) is 5.84. The highest BCUT2D eigenvalue weighted by Crippen LogP contribution is 2.04. The molecule has 0 aromatic carbocycles. The molecule has 0 rings (SSSR count). The number of hydrogen-bond donors (Lipinski definition) is 1. The molecule has 0 aromatic heterocycles. The van der Waals surface area contributed by atoms with Gasteiger partial charge in [-0.3, -0.25) is 4.79 Å². The lowest BCUT2D eigenvalue weighted by atomic mass is 10.2. The van der Waals surface area contributed by atoms with Crippen molar-refractivity contribution >= 4 is 5.91 Å². The van der Waals surface area contributed by atoms with Crippen LogP contribution in [-0.4, -0.2) is 43.7 Å². The van der Waals surface area contributed by atoms with Crippen molar-refractivity contribution in [2.75, 3.05) is 20.7 Å². The van der Waals surface area contributed by atoms with Crippen LogP contribution in [0.5, 0.6) is 0 Å². The zero-order chi connectivity index (χ0) is 11.1. The van der Waals surface area contributed by atoms with Crippen LogP contribution in [0.1, 0.15) is 13.3 Å². The normalized spacial score (nSPS) is 14.2. The van der Waals surface area contributed by atoms with E-state index in [1.165, 1.54) is 12.0 Å². The summed E-state index contributed by atoms with van der Waals surface area (Å²) in [6.45, 7) is 1.96. The standard InChI is InChI=1S/C9H17N3O2/c1-7(4-5-10)12(2)9(13)8(6-11)14-3/h7-8H,4,6,11H2,1-3H3. The maximum atomic E-state index is 11.6. The molecule has 0 aliphatic heterocycles. The topological polar surface area (TPSA) is 79.3 Å². The van der Waals surface area contributed by atoms with Crippen molar-refractivity contribution in [3.8, 4) is 6.07 Å². The molecular formula is C9H17N3O2. The summed E-state index contributed by atoms with van der Waals surface area (Å²) in [5.41, 5.74) is 5.36. The van der Waals surface area contributed by atoms with Crippen molar-refractivity contribution in [3.63, 3.8) is 0 Å². The lowest BCUT2D eigenvalue weighted by Gasteiger charge is -2.26. The van der Waals surface area contributed by atoms with Gasteiger partial charge in [-0.15, -0.1) is 0 Å². The van der Waals surface area contributed by atoms with E-state index in [-0.39, 0.29) is 18.5 Å². The van der Waals surface area contributed by atoms with E-state index in [1.54, 1.807) is 7.05 Å². The van der Waals surface area contributed by atoms with Crippen molar-refractivity contribution in [1.29, 1.82) is 5.26 Å². The van der Waals surface area contributed by atoms with E-state index in [4.69, 9.17) is 15.7 Å². The first kappa shape index (κ1) is 12.9. The molecule has 0 saturated carbocycles. The van der Waals surface area contributed by atoms with Crippen LogP contribution in [0.2, 0.25) is 0 Å². The molecular weight excluding hydrogens is 182 g/mol. The molecule has 1 amide bonds. The number of amides is 1. The molecule has 2 atom stereocenters. The number of hydrogen-bond acceptors (Lipinski definition) is 4. The van der Waals surface area contributed by atoms with Gasteiger partial charge in [-0.05, 0) is 6.92 Å². The van der Waals surface area contributed by atoms with Crippen LogP contribution in [0, 0.1) is 11.3 Å². The summed E-state index contributed by atoms with van der Waals surface area (Å²) in [4.78, 5) is 13.1. The predicted octanol–water partition coefficient (Wildman–Crippen LogP) is -0.279. The molecule has 2 N–H and O–H groups in total. The Bertz CT molecular complexity index is 221. The summed E-state index contributed by atoms with van der Waals surface area (Å²) in [5, 5.41) is 8.48. The lowest BCUT2D eigenvalue weighted by Crippen LogP contribution is -2.45. The fourth-order valence-corrected chi connectivity index (χ4v) is 1.01. The molecule has 0 heterocycles. The Morgan fingerprint density at radius 1 is 1.71 bits per heavy atom. The number of ether oxygens (including phenoxy) is 1. The van der Waals surface area contributed by atoms with Crippen molar-refractivity contribution in [3.05, 3.63) is 0 Å². The third kappa shape index (κ3) is 3.32. The smallest absolute Gasteiger partial charge is 0.253 e. The van der Waals surface area contributed by atoms with Crippen molar-refractivity contribution in [1.82, 2.24) is 4.90 Å². The van der Waals surface area contributed by atoms with Gasteiger partial charge in [0, 0.05) is 26.7 Å². The number of carbonyl (C=O) groups is 1.